The van der Waals surface area contributed by atoms with Gasteiger partial charge in [-0.1, -0.05) is 39.3 Å². The van der Waals surface area contributed by atoms with E-state index in [4.69, 9.17) is 18.9 Å². The molecule has 2 heterocycles. The Labute approximate surface area is 225 Å². The van der Waals surface area contributed by atoms with Crippen molar-refractivity contribution in [2.24, 2.45) is 45.3 Å². The monoisotopic (exact) mass is 532 g/mol. The summed E-state index contributed by atoms with van der Waals surface area (Å²) < 4.78 is 24.0. The number of carbonyl (C=O) groups is 2. The third-order valence-corrected chi connectivity index (χ3v) is 12.3. The molecule has 0 amide bonds. The Bertz CT molecular complexity index is 1060. The average Bonchev–Trinajstić information content (AvgIpc) is 3.51. The molecule has 2 aliphatic heterocycles. The van der Waals surface area contributed by atoms with Gasteiger partial charge in [-0.2, -0.15) is 0 Å². The van der Waals surface area contributed by atoms with Crippen LogP contribution >= 0.6 is 0 Å². The van der Waals surface area contributed by atoms with E-state index >= 15 is 0 Å². The molecular formula is C30H44O8. The Kier molecular flexibility index (Phi) is 5.99. The van der Waals surface area contributed by atoms with Crippen molar-refractivity contribution in [3.8, 4) is 0 Å². The quantitative estimate of drug-likeness (QED) is 0.420. The standard InChI is InChI=1S/C30H44O8/c1-15(31)37-21-12-22(38-16(2)32)30(6)20-9-10-27(3)18(17-11-23(33)35-13-17)7-8-19(27)29(20,5)26(34)24-25(30)28(21,4)14-36-24/h8,17-18,20-26,33-34H,7,9-14H2,1-6H3. The van der Waals surface area contributed by atoms with Gasteiger partial charge in [0.05, 0.1) is 25.4 Å². The fourth-order valence-electron chi connectivity index (χ4n) is 10.9. The molecule has 2 saturated heterocycles. The zero-order valence-corrected chi connectivity index (χ0v) is 23.6. The van der Waals surface area contributed by atoms with Crippen molar-refractivity contribution >= 4 is 11.9 Å². The predicted octanol–water partition coefficient (Wildman–Crippen LogP) is 3.38. The zero-order chi connectivity index (χ0) is 27.4. The SMILES string of the molecule is CC(=O)OC1CC(OC(C)=O)C2(C)C3C(OCC13C)C(O)C1(C)C3=CCC(C4COC(O)C4)C3(C)CCC12. The molecule has 4 aliphatic carbocycles. The maximum absolute atomic E-state index is 12.4. The van der Waals surface area contributed by atoms with Crippen LogP contribution in [0.5, 0.6) is 0 Å². The van der Waals surface area contributed by atoms with E-state index in [9.17, 15) is 19.8 Å². The number of carbonyl (C=O) groups excluding carboxylic acids is 2. The first-order chi connectivity index (χ1) is 17.8. The van der Waals surface area contributed by atoms with E-state index in [-0.39, 0.29) is 35.1 Å². The molecular weight excluding hydrogens is 488 g/mol. The van der Waals surface area contributed by atoms with Crippen LogP contribution < -0.4 is 0 Å². The molecule has 6 aliphatic rings. The van der Waals surface area contributed by atoms with Gasteiger partial charge in [0.1, 0.15) is 12.2 Å². The molecule has 8 nitrogen and oxygen atoms in total. The highest BCUT2D eigenvalue weighted by molar-refractivity contribution is 5.67. The number of ether oxygens (including phenoxy) is 4. The summed E-state index contributed by atoms with van der Waals surface area (Å²) in [6.07, 6.45) is 3.40. The van der Waals surface area contributed by atoms with Crippen LogP contribution in [0.2, 0.25) is 0 Å². The molecule has 0 aromatic heterocycles. The van der Waals surface area contributed by atoms with E-state index in [1.54, 1.807) is 0 Å². The number of hydrogen-bond donors (Lipinski definition) is 2. The highest BCUT2D eigenvalue weighted by Crippen LogP contribution is 2.75. The minimum atomic E-state index is -0.739. The summed E-state index contributed by atoms with van der Waals surface area (Å²) in [4.78, 5) is 24.5. The Balaban J connectivity index is 1.44. The van der Waals surface area contributed by atoms with Gasteiger partial charge in [0.2, 0.25) is 0 Å². The molecule has 212 valence electrons. The zero-order valence-electron chi connectivity index (χ0n) is 23.6. The lowest BCUT2D eigenvalue weighted by Crippen LogP contribution is -2.73. The molecule has 13 atom stereocenters. The highest BCUT2D eigenvalue weighted by Gasteiger charge is 2.77. The molecule has 6 rings (SSSR count). The van der Waals surface area contributed by atoms with Crippen LogP contribution in [-0.2, 0) is 28.5 Å². The minimum Gasteiger partial charge on any atom is -0.462 e. The first-order valence-corrected chi connectivity index (χ1v) is 14.4. The van der Waals surface area contributed by atoms with Gasteiger partial charge in [-0.05, 0) is 42.4 Å². The summed E-state index contributed by atoms with van der Waals surface area (Å²) in [6.45, 7) is 12.7. The maximum atomic E-state index is 12.4. The van der Waals surface area contributed by atoms with Crippen molar-refractivity contribution in [3.63, 3.8) is 0 Å². The van der Waals surface area contributed by atoms with Crippen LogP contribution in [-0.4, -0.2) is 66.1 Å². The molecule has 3 saturated carbocycles. The second kappa shape index (κ2) is 8.51. The molecule has 0 aromatic carbocycles. The van der Waals surface area contributed by atoms with E-state index in [2.05, 4.69) is 33.8 Å². The largest absolute Gasteiger partial charge is 0.462 e. The normalized spacial score (nSPS) is 54.9. The van der Waals surface area contributed by atoms with Crippen molar-refractivity contribution < 1.29 is 38.7 Å². The topological polar surface area (TPSA) is 112 Å². The number of aliphatic hydroxyl groups is 2. The van der Waals surface area contributed by atoms with Crippen LogP contribution in [0.25, 0.3) is 0 Å². The van der Waals surface area contributed by atoms with Gasteiger partial charge in [0.15, 0.2) is 6.29 Å². The Morgan fingerprint density at radius 1 is 1.00 bits per heavy atom. The van der Waals surface area contributed by atoms with E-state index in [1.165, 1.54) is 19.4 Å². The Hall–Kier alpha value is -1.48. The Morgan fingerprint density at radius 2 is 1.68 bits per heavy atom. The third-order valence-electron chi connectivity index (χ3n) is 12.3. The molecule has 0 spiro atoms. The lowest BCUT2D eigenvalue weighted by molar-refractivity contribution is -0.263. The summed E-state index contributed by atoms with van der Waals surface area (Å²) in [5, 5.41) is 22.4. The molecule has 8 heteroatoms. The summed E-state index contributed by atoms with van der Waals surface area (Å²) >= 11 is 0. The van der Waals surface area contributed by atoms with E-state index in [0.717, 1.165) is 19.3 Å². The molecule has 5 fully saturated rings. The predicted molar refractivity (Wildman–Crippen MR) is 136 cm³/mol. The second-order valence-electron chi connectivity index (χ2n) is 14.0. The number of esters is 2. The van der Waals surface area contributed by atoms with Gasteiger partial charge in [-0.15, -0.1) is 0 Å². The summed E-state index contributed by atoms with van der Waals surface area (Å²) in [5.74, 6) is -0.145. The van der Waals surface area contributed by atoms with Crippen molar-refractivity contribution in [1.29, 1.82) is 0 Å². The first kappa shape index (κ1) is 26.7. The van der Waals surface area contributed by atoms with Crippen LogP contribution in [0, 0.1) is 45.3 Å². The van der Waals surface area contributed by atoms with Crippen molar-refractivity contribution in [2.45, 2.75) is 104 Å². The van der Waals surface area contributed by atoms with E-state index < -0.39 is 47.0 Å². The Morgan fingerprint density at radius 3 is 2.32 bits per heavy atom. The van der Waals surface area contributed by atoms with Gasteiger partial charge in [-0.3, -0.25) is 9.59 Å². The molecule has 0 radical (unpaired) electrons. The van der Waals surface area contributed by atoms with E-state index in [0.29, 0.717) is 32.0 Å². The first-order valence-electron chi connectivity index (χ1n) is 14.4. The number of aliphatic hydroxyl groups excluding tert-OH is 2. The lowest BCUT2D eigenvalue weighted by Gasteiger charge is -2.69. The minimum absolute atomic E-state index is 0.0541. The third kappa shape index (κ3) is 3.29. The van der Waals surface area contributed by atoms with Crippen molar-refractivity contribution in [2.75, 3.05) is 13.2 Å². The van der Waals surface area contributed by atoms with Crippen LogP contribution in [0.1, 0.15) is 73.6 Å². The van der Waals surface area contributed by atoms with Gasteiger partial charge in [0.25, 0.3) is 0 Å². The molecule has 38 heavy (non-hydrogen) atoms. The summed E-state index contributed by atoms with van der Waals surface area (Å²) in [6, 6.07) is 0. The van der Waals surface area contributed by atoms with Crippen LogP contribution in [0.15, 0.2) is 11.6 Å². The molecule has 13 unspecified atom stereocenters. The smallest absolute Gasteiger partial charge is 0.302 e. The number of fused-ring (bicyclic) bond motifs is 4. The van der Waals surface area contributed by atoms with Crippen molar-refractivity contribution in [3.05, 3.63) is 11.6 Å². The molecule has 0 aromatic rings. The maximum Gasteiger partial charge on any atom is 0.302 e. The number of allylic oxidation sites excluding steroid dienone is 1. The van der Waals surface area contributed by atoms with Crippen molar-refractivity contribution in [1.82, 2.24) is 0 Å². The average molecular weight is 533 g/mol. The van der Waals surface area contributed by atoms with Gasteiger partial charge in [-0.25, -0.2) is 0 Å². The summed E-state index contributed by atoms with van der Waals surface area (Å²) in [5.41, 5.74) is -0.344. The highest BCUT2D eigenvalue weighted by atomic mass is 16.6. The molecule has 2 N–H and O–H groups in total. The number of hydrogen-bond acceptors (Lipinski definition) is 8. The fraction of sp³-hybridized carbons (Fsp3) is 0.867. The van der Waals surface area contributed by atoms with Crippen LogP contribution in [0.4, 0.5) is 0 Å². The summed E-state index contributed by atoms with van der Waals surface area (Å²) in [7, 11) is 0. The molecule has 0 bridgehead atoms. The van der Waals surface area contributed by atoms with Gasteiger partial charge >= 0.3 is 11.9 Å². The van der Waals surface area contributed by atoms with Gasteiger partial charge in [0, 0.05) is 48.9 Å². The second-order valence-corrected chi connectivity index (χ2v) is 14.0. The van der Waals surface area contributed by atoms with Gasteiger partial charge < -0.3 is 29.2 Å². The fourth-order valence-corrected chi connectivity index (χ4v) is 10.9. The lowest BCUT2D eigenvalue weighted by atomic mass is 9.36. The van der Waals surface area contributed by atoms with E-state index in [1.807, 2.05) is 0 Å². The number of rotatable bonds is 3. The van der Waals surface area contributed by atoms with Crippen LogP contribution in [0.3, 0.4) is 0 Å².